The van der Waals surface area contributed by atoms with Crippen molar-refractivity contribution in [2.24, 2.45) is 5.92 Å². The van der Waals surface area contributed by atoms with E-state index in [9.17, 15) is 0 Å². The Balaban J connectivity index is 1.20. The summed E-state index contributed by atoms with van der Waals surface area (Å²) in [7, 11) is 0. The molecule has 1 aromatic heterocycles. The van der Waals surface area contributed by atoms with Crippen LogP contribution in [0.1, 0.15) is 77.8 Å². The summed E-state index contributed by atoms with van der Waals surface area (Å²) < 4.78 is 0. The molecule has 0 radical (unpaired) electrons. The largest absolute Gasteiger partial charge is 0.310 e. The molecule has 0 aliphatic heterocycles. The maximum atomic E-state index is 3.78. The lowest BCUT2D eigenvalue weighted by atomic mass is 9.64. The van der Waals surface area contributed by atoms with Crippen molar-refractivity contribution in [1.29, 1.82) is 0 Å². The highest BCUT2D eigenvalue weighted by atomic mass is 32.1. The minimum absolute atomic E-state index is 0.373. The van der Waals surface area contributed by atoms with Gasteiger partial charge < -0.3 is 5.32 Å². The lowest BCUT2D eigenvalue weighted by Crippen LogP contribution is -2.27. The highest BCUT2D eigenvalue weighted by Gasteiger charge is 2.35. The molecular weight excluding hydrogens is 394 g/mol. The fraction of sp³-hybridized carbons (Fsp3) is 0.379. The molecule has 3 atom stereocenters. The molecule has 1 N–H and O–H groups in total. The Morgan fingerprint density at radius 2 is 1.87 bits per heavy atom. The summed E-state index contributed by atoms with van der Waals surface area (Å²) in [5.74, 6) is 1.56. The van der Waals surface area contributed by atoms with Gasteiger partial charge in [0.05, 0.1) is 0 Å². The van der Waals surface area contributed by atoms with E-state index in [0.29, 0.717) is 6.04 Å². The quantitative estimate of drug-likeness (QED) is 0.392. The second kappa shape index (κ2) is 9.14. The third-order valence-corrected chi connectivity index (χ3v) is 8.17. The van der Waals surface area contributed by atoms with E-state index in [1.54, 1.807) is 11.1 Å². The van der Waals surface area contributed by atoms with Crippen LogP contribution in [0.2, 0.25) is 0 Å². The van der Waals surface area contributed by atoms with Gasteiger partial charge in [-0.1, -0.05) is 61.5 Å². The summed E-state index contributed by atoms with van der Waals surface area (Å²) in [6.07, 6.45) is 8.60. The van der Waals surface area contributed by atoms with Crippen molar-refractivity contribution in [1.82, 2.24) is 5.32 Å². The van der Waals surface area contributed by atoms with Crippen LogP contribution in [0.3, 0.4) is 0 Å². The third kappa shape index (κ3) is 4.42. The average Bonchev–Trinajstić information content (AvgIpc) is 3.28. The fourth-order valence-corrected chi connectivity index (χ4v) is 5.92. The molecule has 5 rings (SSSR count). The average molecular weight is 428 g/mol. The second-order valence-electron chi connectivity index (χ2n) is 9.24. The molecule has 0 bridgehead atoms. The van der Waals surface area contributed by atoms with Gasteiger partial charge in [0.25, 0.3) is 0 Å². The van der Waals surface area contributed by atoms with Crippen LogP contribution in [0.4, 0.5) is 0 Å². The number of benzene rings is 2. The molecule has 160 valence electrons. The van der Waals surface area contributed by atoms with Gasteiger partial charge in [0.2, 0.25) is 0 Å². The first-order valence-corrected chi connectivity index (χ1v) is 12.8. The summed E-state index contributed by atoms with van der Waals surface area (Å²) in [6.45, 7) is 5.57. The maximum absolute atomic E-state index is 3.78. The Bertz CT molecular complexity index is 1040. The molecule has 2 aliphatic rings. The van der Waals surface area contributed by atoms with E-state index in [4.69, 9.17) is 0 Å². The SMILES string of the molecule is CCc1ccc2c(c1)C(CCNC(C)c1ccc(Cc3cccs3)cc1)=CC1CCC21. The van der Waals surface area contributed by atoms with Crippen LogP contribution in [0, 0.1) is 5.92 Å². The molecule has 1 heterocycles. The van der Waals surface area contributed by atoms with E-state index in [0.717, 1.165) is 37.6 Å². The zero-order valence-electron chi connectivity index (χ0n) is 18.7. The van der Waals surface area contributed by atoms with Gasteiger partial charge in [-0.2, -0.15) is 0 Å². The van der Waals surface area contributed by atoms with E-state index >= 15 is 0 Å². The number of rotatable bonds is 8. The number of fused-ring (bicyclic) bond motifs is 3. The summed E-state index contributed by atoms with van der Waals surface area (Å²) in [4.78, 5) is 1.43. The van der Waals surface area contributed by atoms with Crippen LogP contribution in [-0.2, 0) is 12.8 Å². The second-order valence-corrected chi connectivity index (χ2v) is 10.3. The van der Waals surface area contributed by atoms with Crippen LogP contribution < -0.4 is 5.32 Å². The molecule has 1 saturated carbocycles. The zero-order chi connectivity index (χ0) is 21.2. The summed E-state index contributed by atoms with van der Waals surface area (Å²) in [5.41, 5.74) is 8.95. The smallest absolute Gasteiger partial charge is 0.0291 e. The molecule has 0 saturated heterocycles. The molecular formula is C29H33NS. The van der Waals surface area contributed by atoms with E-state index < -0.39 is 0 Å². The first-order valence-electron chi connectivity index (χ1n) is 11.9. The Hall–Kier alpha value is -2.16. The maximum Gasteiger partial charge on any atom is 0.0291 e. The number of aryl methyl sites for hydroxylation is 1. The summed E-state index contributed by atoms with van der Waals surface area (Å²) in [5, 5.41) is 5.93. The summed E-state index contributed by atoms with van der Waals surface area (Å²) >= 11 is 1.84. The Kier molecular flexibility index (Phi) is 6.11. The highest BCUT2D eigenvalue weighted by molar-refractivity contribution is 7.09. The molecule has 2 aromatic carbocycles. The molecule has 3 unspecified atom stereocenters. The van der Waals surface area contributed by atoms with Crippen molar-refractivity contribution >= 4 is 16.9 Å². The van der Waals surface area contributed by atoms with E-state index in [2.05, 4.69) is 85.2 Å². The van der Waals surface area contributed by atoms with Gasteiger partial charge in [0.1, 0.15) is 0 Å². The number of nitrogens with one attached hydrogen (secondary N) is 1. The van der Waals surface area contributed by atoms with Crippen LogP contribution >= 0.6 is 11.3 Å². The molecule has 3 aromatic rings. The predicted molar refractivity (Wildman–Crippen MR) is 134 cm³/mol. The van der Waals surface area contributed by atoms with Gasteiger partial charge in [-0.25, -0.2) is 0 Å². The topological polar surface area (TPSA) is 12.0 Å². The standard InChI is InChI=1S/C29H33NS/c1-3-21-8-12-28-27-13-11-24(27)19-25(29(28)18-21)14-15-30-20(2)23-9-6-22(7-10-23)17-26-5-4-16-31-26/h4-10,12,16,18-20,24,27,30H,3,11,13-15,17H2,1-2H3. The predicted octanol–water partition coefficient (Wildman–Crippen LogP) is 7.53. The Labute approximate surface area is 191 Å². The molecule has 2 heteroatoms. The van der Waals surface area contributed by atoms with Crippen LogP contribution in [-0.4, -0.2) is 6.54 Å². The van der Waals surface area contributed by atoms with Crippen molar-refractivity contribution in [2.45, 2.75) is 57.9 Å². The molecule has 1 fully saturated rings. The third-order valence-electron chi connectivity index (χ3n) is 7.30. The molecule has 2 aliphatic carbocycles. The fourth-order valence-electron chi connectivity index (χ4n) is 5.18. The lowest BCUT2D eigenvalue weighted by molar-refractivity contribution is 0.312. The zero-order valence-corrected chi connectivity index (χ0v) is 19.6. The van der Waals surface area contributed by atoms with Gasteiger partial charge in [0, 0.05) is 17.3 Å². The molecule has 0 amide bonds. The number of allylic oxidation sites excluding steroid dienone is 1. The van der Waals surface area contributed by atoms with Crippen molar-refractivity contribution in [3.05, 3.63) is 98.7 Å². The van der Waals surface area contributed by atoms with Crippen molar-refractivity contribution in [3.8, 4) is 0 Å². The monoisotopic (exact) mass is 427 g/mol. The van der Waals surface area contributed by atoms with E-state index in [1.807, 2.05) is 11.3 Å². The Morgan fingerprint density at radius 3 is 2.58 bits per heavy atom. The van der Waals surface area contributed by atoms with Crippen LogP contribution in [0.5, 0.6) is 0 Å². The van der Waals surface area contributed by atoms with Gasteiger partial charge in [-0.15, -0.1) is 11.3 Å². The number of hydrogen-bond acceptors (Lipinski definition) is 2. The summed E-state index contributed by atoms with van der Waals surface area (Å²) in [6, 6.07) is 21.1. The molecule has 1 nitrogen and oxygen atoms in total. The van der Waals surface area contributed by atoms with Crippen molar-refractivity contribution in [3.63, 3.8) is 0 Å². The highest BCUT2D eigenvalue weighted by Crippen LogP contribution is 2.50. The molecule has 0 spiro atoms. The van der Waals surface area contributed by atoms with Crippen molar-refractivity contribution < 1.29 is 0 Å². The van der Waals surface area contributed by atoms with Crippen LogP contribution in [0.15, 0.2) is 66.1 Å². The minimum atomic E-state index is 0.373. The Morgan fingerprint density at radius 1 is 1.03 bits per heavy atom. The molecule has 31 heavy (non-hydrogen) atoms. The van der Waals surface area contributed by atoms with E-state index in [-0.39, 0.29) is 0 Å². The first kappa shape index (κ1) is 20.7. The normalized spacial score (nSPS) is 20.4. The van der Waals surface area contributed by atoms with Gasteiger partial charge >= 0.3 is 0 Å². The number of thiophene rings is 1. The number of hydrogen-bond donors (Lipinski definition) is 1. The first-order chi connectivity index (χ1) is 15.2. The minimum Gasteiger partial charge on any atom is -0.310 e. The van der Waals surface area contributed by atoms with Crippen LogP contribution in [0.25, 0.3) is 5.57 Å². The van der Waals surface area contributed by atoms with Gasteiger partial charge in [0.15, 0.2) is 0 Å². The van der Waals surface area contributed by atoms with Gasteiger partial charge in [-0.05, 0) is 95.8 Å². The van der Waals surface area contributed by atoms with Gasteiger partial charge in [-0.3, -0.25) is 0 Å². The van der Waals surface area contributed by atoms with E-state index in [1.165, 1.54) is 40.0 Å². The lowest BCUT2D eigenvalue weighted by Gasteiger charge is -2.41. The van der Waals surface area contributed by atoms with Crippen molar-refractivity contribution in [2.75, 3.05) is 6.54 Å².